The number of hydrogen-bond donors (Lipinski definition) is 1. The van der Waals surface area contributed by atoms with Gasteiger partial charge < -0.3 is 14.8 Å². The van der Waals surface area contributed by atoms with E-state index in [1.807, 2.05) is 70.2 Å². The lowest BCUT2D eigenvalue weighted by atomic mass is 9.97. The number of anilines is 1. The molecular weight excluding hydrogens is 350 g/mol. The first-order valence-electron chi connectivity index (χ1n) is 10.1. The predicted molar refractivity (Wildman–Crippen MR) is 115 cm³/mol. The van der Waals surface area contributed by atoms with E-state index in [1.165, 1.54) is 0 Å². The fourth-order valence-corrected chi connectivity index (χ4v) is 3.33. The van der Waals surface area contributed by atoms with Gasteiger partial charge in [0.1, 0.15) is 18.0 Å². The Hall–Kier alpha value is -2.33. The summed E-state index contributed by atoms with van der Waals surface area (Å²) in [6, 6.07) is 14.0. The molecule has 0 aliphatic heterocycles. The van der Waals surface area contributed by atoms with Crippen LogP contribution in [0.5, 0.6) is 5.75 Å². The quantitative estimate of drug-likeness (QED) is 0.563. The Morgan fingerprint density at radius 1 is 1.07 bits per heavy atom. The number of hydrogen-bond acceptors (Lipinski definition) is 3. The van der Waals surface area contributed by atoms with E-state index in [0.29, 0.717) is 19.6 Å². The van der Waals surface area contributed by atoms with Gasteiger partial charge in [0.25, 0.3) is 5.91 Å². The Morgan fingerprint density at radius 3 is 2.29 bits per heavy atom. The average molecular weight is 384 g/mol. The van der Waals surface area contributed by atoms with Crippen LogP contribution >= 0.6 is 0 Å². The van der Waals surface area contributed by atoms with Crippen LogP contribution in [0.4, 0.5) is 5.69 Å². The highest BCUT2D eigenvalue weighted by Gasteiger charge is 2.33. The highest BCUT2D eigenvalue weighted by atomic mass is 16.5. The maximum Gasteiger partial charge on any atom is 0.256 e. The van der Waals surface area contributed by atoms with E-state index in [-0.39, 0.29) is 5.91 Å². The Morgan fingerprint density at radius 2 is 1.71 bits per heavy atom. The summed E-state index contributed by atoms with van der Waals surface area (Å²) < 4.78 is 11.8. The molecule has 2 rings (SSSR count). The van der Waals surface area contributed by atoms with E-state index in [9.17, 15) is 4.79 Å². The number of carbonyl (C=O) groups is 1. The zero-order chi connectivity index (χ0) is 20.6. The van der Waals surface area contributed by atoms with Gasteiger partial charge in [-0.05, 0) is 62.9 Å². The van der Waals surface area contributed by atoms with Crippen molar-refractivity contribution < 1.29 is 14.3 Å². The van der Waals surface area contributed by atoms with Gasteiger partial charge in [0.2, 0.25) is 0 Å². The fourth-order valence-electron chi connectivity index (χ4n) is 3.33. The molecule has 0 spiro atoms. The second kappa shape index (κ2) is 10.3. The van der Waals surface area contributed by atoms with E-state index in [4.69, 9.17) is 9.47 Å². The molecule has 2 aromatic carbocycles. The number of carbonyl (C=O) groups excluding carboxylic acids is 1. The van der Waals surface area contributed by atoms with Crippen molar-refractivity contribution in [3.63, 3.8) is 0 Å². The zero-order valence-electron chi connectivity index (χ0n) is 17.8. The molecule has 0 saturated carbocycles. The third-order valence-electron chi connectivity index (χ3n) is 4.89. The molecule has 0 aromatic heterocycles. The topological polar surface area (TPSA) is 47.6 Å². The minimum absolute atomic E-state index is 0.0976. The molecule has 2 aromatic rings. The molecule has 4 heteroatoms. The number of rotatable bonds is 10. The van der Waals surface area contributed by atoms with Crippen LogP contribution < -0.4 is 10.1 Å². The van der Waals surface area contributed by atoms with Crippen LogP contribution in [-0.4, -0.2) is 18.1 Å². The third kappa shape index (κ3) is 5.83. The van der Waals surface area contributed by atoms with Crippen molar-refractivity contribution in [3.05, 3.63) is 59.2 Å². The summed E-state index contributed by atoms with van der Waals surface area (Å²) in [4.78, 5) is 12.9. The monoisotopic (exact) mass is 383 g/mol. The van der Waals surface area contributed by atoms with E-state index in [1.54, 1.807) is 0 Å². The normalized spacial score (nSPS) is 13.0. The van der Waals surface area contributed by atoms with Crippen LogP contribution in [0.15, 0.2) is 42.5 Å². The molecule has 0 unspecified atom stereocenters. The summed E-state index contributed by atoms with van der Waals surface area (Å²) in [5.41, 5.74) is 3.09. The minimum Gasteiger partial charge on any atom is -0.488 e. The van der Waals surface area contributed by atoms with Gasteiger partial charge in [-0.2, -0.15) is 0 Å². The third-order valence-corrected chi connectivity index (χ3v) is 4.89. The Labute approximate surface area is 169 Å². The Kier molecular flexibility index (Phi) is 8.06. The number of benzene rings is 2. The van der Waals surface area contributed by atoms with Gasteiger partial charge >= 0.3 is 0 Å². The maximum atomic E-state index is 12.9. The molecule has 1 atom stereocenters. The lowest BCUT2D eigenvalue weighted by Gasteiger charge is -2.28. The van der Waals surface area contributed by atoms with Gasteiger partial charge in [-0.15, -0.1) is 0 Å². The second-order valence-electron chi connectivity index (χ2n) is 7.43. The first-order chi connectivity index (χ1) is 13.4. The average Bonchev–Trinajstić information content (AvgIpc) is 2.66. The van der Waals surface area contributed by atoms with Gasteiger partial charge in [0.15, 0.2) is 0 Å². The van der Waals surface area contributed by atoms with E-state index in [0.717, 1.165) is 41.0 Å². The standard InChI is InChI=1S/C24H33NO3/c1-6-8-14-24(5,28-7-2)23(26)25-21-15-18(3)22(19(4)16-21)27-17-20-12-10-9-11-13-20/h9-13,15-16H,6-8,14,17H2,1-5H3,(H,25,26)/t24-/m0/s1. The maximum absolute atomic E-state index is 12.9. The SMILES string of the molecule is CCCC[C@](C)(OCC)C(=O)Nc1cc(C)c(OCc2ccccc2)c(C)c1. The minimum atomic E-state index is -0.810. The summed E-state index contributed by atoms with van der Waals surface area (Å²) in [5, 5.41) is 3.04. The molecule has 0 bridgehead atoms. The van der Waals surface area contributed by atoms with Crippen LogP contribution in [0.25, 0.3) is 0 Å². The summed E-state index contributed by atoms with van der Waals surface area (Å²) in [6.45, 7) is 10.9. The molecule has 1 amide bonds. The first-order valence-corrected chi connectivity index (χ1v) is 10.1. The van der Waals surface area contributed by atoms with Crippen molar-refractivity contribution >= 4 is 11.6 Å². The van der Waals surface area contributed by atoms with Gasteiger partial charge in [0, 0.05) is 12.3 Å². The Bertz CT molecular complexity index is 750. The molecular formula is C24H33NO3. The van der Waals surface area contributed by atoms with Crippen LogP contribution in [0.1, 0.15) is 56.7 Å². The fraction of sp³-hybridized carbons (Fsp3) is 0.458. The predicted octanol–water partition coefficient (Wildman–Crippen LogP) is 5.81. The van der Waals surface area contributed by atoms with Crippen LogP contribution in [0.3, 0.4) is 0 Å². The second-order valence-corrected chi connectivity index (χ2v) is 7.43. The number of aryl methyl sites for hydroxylation is 2. The molecule has 0 aliphatic carbocycles. The summed E-state index contributed by atoms with van der Waals surface area (Å²) in [5.74, 6) is 0.764. The lowest BCUT2D eigenvalue weighted by Crippen LogP contribution is -2.42. The highest BCUT2D eigenvalue weighted by Crippen LogP contribution is 2.29. The van der Waals surface area contributed by atoms with Crippen molar-refractivity contribution in [1.29, 1.82) is 0 Å². The number of amides is 1. The van der Waals surface area contributed by atoms with Crippen LogP contribution in [0, 0.1) is 13.8 Å². The number of unbranched alkanes of at least 4 members (excludes halogenated alkanes) is 1. The van der Waals surface area contributed by atoms with E-state index in [2.05, 4.69) is 12.2 Å². The molecule has 152 valence electrons. The number of ether oxygens (including phenoxy) is 2. The summed E-state index contributed by atoms with van der Waals surface area (Å²) in [6.07, 6.45) is 2.69. The van der Waals surface area contributed by atoms with Crippen molar-refractivity contribution in [2.75, 3.05) is 11.9 Å². The zero-order valence-corrected chi connectivity index (χ0v) is 17.8. The smallest absolute Gasteiger partial charge is 0.256 e. The van der Waals surface area contributed by atoms with Crippen LogP contribution in [0.2, 0.25) is 0 Å². The van der Waals surface area contributed by atoms with E-state index < -0.39 is 5.60 Å². The number of nitrogens with one attached hydrogen (secondary N) is 1. The molecule has 0 fully saturated rings. The summed E-state index contributed by atoms with van der Waals surface area (Å²) >= 11 is 0. The molecule has 0 heterocycles. The largest absolute Gasteiger partial charge is 0.488 e. The molecule has 4 nitrogen and oxygen atoms in total. The van der Waals surface area contributed by atoms with E-state index >= 15 is 0 Å². The van der Waals surface area contributed by atoms with Crippen molar-refractivity contribution in [2.45, 2.75) is 66.1 Å². The lowest BCUT2D eigenvalue weighted by molar-refractivity contribution is -0.139. The molecule has 28 heavy (non-hydrogen) atoms. The molecule has 0 radical (unpaired) electrons. The molecule has 0 aliphatic rings. The molecule has 0 saturated heterocycles. The first kappa shape index (κ1) is 22.0. The van der Waals surface area contributed by atoms with Gasteiger partial charge in [-0.3, -0.25) is 4.79 Å². The highest BCUT2D eigenvalue weighted by molar-refractivity contribution is 5.97. The van der Waals surface area contributed by atoms with Crippen molar-refractivity contribution in [2.24, 2.45) is 0 Å². The van der Waals surface area contributed by atoms with Gasteiger partial charge in [0.05, 0.1) is 0 Å². The van der Waals surface area contributed by atoms with Crippen LogP contribution in [-0.2, 0) is 16.1 Å². The van der Waals surface area contributed by atoms with Gasteiger partial charge in [-0.25, -0.2) is 0 Å². The summed E-state index contributed by atoms with van der Waals surface area (Å²) in [7, 11) is 0. The van der Waals surface area contributed by atoms with Crippen molar-refractivity contribution in [3.8, 4) is 5.75 Å². The van der Waals surface area contributed by atoms with Gasteiger partial charge in [-0.1, -0.05) is 50.1 Å². The Balaban J connectivity index is 2.11. The molecule has 1 N–H and O–H groups in total. The van der Waals surface area contributed by atoms with Crippen molar-refractivity contribution in [1.82, 2.24) is 0 Å².